The number of hydrogen-bond donors (Lipinski definition) is 1. The molecule has 0 aliphatic rings. The molecule has 2 N–H and O–H groups in total. The topological polar surface area (TPSA) is 65.4 Å². The minimum absolute atomic E-state index is 0.367. The van der Waals surface area contributed by atoms with Crippen molar-refractivity contribution in [1.29, 1.82) is 0 Å². The van der Waals surface area contributed by atoms with Gasteiger partial charge < -0.3 is 10.5 Å². The van der Waals surface area contributed by atoms with Crippen molar-refractivity contribution in [1.82, 2.24) is 14.6 Å². The second-order valence-electron chi connectivity index (χ2n) is 4.12. The second kappa shape index (κ2) is 4.70. The largest absolute Gasteiger partial charge is 0.480 e. The Labute approximate surface area is 110 Å². The van der Waals surface area contributed by atoms with Gasteiger partial charge in [-0.05, 0) is 6.07 Å². The first kappa shape index (κ1) is 11.7. The standard InChI is InChI=1S/C14H14N4O/c1-19-13-8-7-12-16-14(10-5-3-2-4-6-10)11(9-15)18(12)17-13/h2-8H,9,15H2,1H3. The first-order valence-corrected chi connectivity index (χ1v) is 6.01. The Hall–Kier alpha value is -2.40. The third-order valence-electron chi connectivity index (χ3n) is 3.00. The Morgan fingerprint density at radius 3 is 2.63 bits per heavy atom. The molecular weight excluding hydrogens is 240 g/mol. The highest BCUT2D eigenvalue weighted by atomic mass is 16.5. The highest BCUT2D eigenvalue weighted by Gasteiger charge is 2.13. The van der Waals surface area contributed by atoms with Crippen LogP contribution < -0.4 is 10.5 Å². The van der Waals surface area contributed by atoms with Gasteiger partial charge in [-0.15, -0.1) is 5.10 Å². The van der Waals surface area contributed by atoms with Crippen molar-refractivity contribution in [2.75, 3.05) is 7.11 Å². The molecule has 5 nitrogen and oxygen atoms in total. The monoisotopic (exact) mass is 254 g/mol. The number of fused-ring (bicyclic) bond motifs is 1. The van der Waals surface area contributed by atoms with E-state index < -0.39 is 0 Å². The molecular formula is C14H14N4O. The number of aromatic nitrogens is 3. The van der Waals surface area contributed by atoms with Crippen molar-refractivity contribution in [3.63, 3.8) is 0 Å². The van der Waals surface area contributed by atoms with E-state index in [1.165, 1.54) is 0 Å². The lowest BCUT2D eigenvalue weighted by molar-refractivity contribution is 0.389. The van der Waals surface area contributed by atoms with Gasteiger partial charge in [-0.3, -0.25) is 0 Å². The Morgan fingerprint density at radius 2 is 1.95 bits per heavy atom. The molecule has 0 bridgehead atoms. The summed E-state index contributed by atoms with van der Waals surface area (Å²) in [4.78, 5) is 4.59. The van der Waals surface area contributed by atoms with Gasteiger partial charge in [-0.1, -0.05) is 30.3 Å². The molecule has 0 aliphatic carbocycles. The molecule has 0 unspecified atom stereocenters. The van der Waals surface area contributed by atoms with Crippen LogP contribution in [0.2, 0.25) is 0 Å². The summed E-state index contributed by atoms with van der Waals surface area (Å²) < 4.78 is 6.87. The summed E-state index contributed by atoms with van der Waals surface area (Å²) in [6.45, 7) is 0.367. The van der Waals surface area contributed by atoms with Crippen molar-refractivity contribution in [3.05, 3.63) is 48.2 Å². The Bertz CT molecular complexity index is 706. The molecule has 0 spiro atoms. The van der Waals surface area contributed by atoms with Crippen molar-refractivity contribution in [2.45, 2.75) is 6.54 Å². The molecule has 3 aromatic rings. The van der Waals surface area contributed by atoms with E-state index in [-0.39, 0.29) is 0 Å². The molecule has 0 saturated carbocycles. The number of hydrogen-bond acceptors (Lipinski definition) is 4. The van der Waals surface area contributed by atoms with Gasteiger partial charge in [-0.25, -0.2) is 9.50 Å². The van der Waals surface area contributed by atoms with Crippen LogP contribution in [0.1, 0.15) is 5.69 Å². The maximum Gasteiger partial charge on any atom is 0.231 e. The summed E-state index contributed by atoms with van der Waals surface area (Å²) in [5.41, 5.74) is 9.39. The minimum atomic E-state index is 0.367. The van der Waals surface area contributed by atoms with E-state index >= 15 is 0 Å². The van der Waals surface area contributed by atoms with Gasteiger partial charge in [0.1, 0.15) is 0 Å². The number of imidazole rings is 1. The number of rotatable bonds is 3. The van der Waals surface area contributed by atoms with Crippen molar-refractivity contribution in [2.24, 2.45) is 5.73 Å². The molecule has 0 amide bonds. The van der Waals surface area contributed by atoms with Gasteiger partial charge in [0, 0.05) is 18.2 Å². The quantitative estimate of drug-likeness (QED) is 0.774. The molecule has 1 aromatic carbocycles. The average Bonchev–Trinajstić information content (AvgIpc) is 2.85. The molecule has 2 aromatic heterocycles. The van der Waals surface area contributed by atoms with E-state index in [2.05, 4.69) is 10.1 Å². The van der Waals surface area contributed by atoms with Crippen LogP contribution in [0.4, 0.5) is 0 Å². The summed E-state index contributed by atoms with van der Waals surface area (Å²) in [6, 6.07) is 13.6. The zero-order valence-corrected chi connectivity index (χ0v) is 10.6. The van der Waals surface area contributed by atoms with Crippen LogP contribution in [0.15, 0.2) is 42.5 Å². The second-order valence-corrected chi connectivity index (χ2v) is 4.12. The maximum atomic E-state index is 5.85. The third-order valence-corrected chi connectivity index (χ3v) is 3.00. The number of ether oxygens (including phenoxy) is 1. The molecule has 0 atom stereocenters. The fourth-order valence-electron chi connectivity index (χ4n) is 2.08. The number of nitrogens with zero attached hydrogens (tertiary/aromatic N) is 3. The number of benzene rings is 1. The van der Waals surface area contributed by atoms with Crippen LogP contribution in [0.5, 0.6) is 5.88 Å². The van der Waals surface area contributed by atoms with Crippen molar-refractivity contribution in [3.8, 4) is 17.1 Å². The lowest BCUT2D eigenvalue weighted by Crippen LogP contribution is -2.05. The van der Waals surface area contributed by atoms with Crippen LogP contribution in [0.3, 0.4) is 0 Å². The smallest absolute Gasteiger partial charge is 0.231 e. The molecule has 0 radical (unpaired) electrons. The molecule has 2 heterocycles. The van der Waals surface area contributed by atoms with Gasteiger partial charge in [0.2, 0.25) is 5.88 Å². The van der Waals surface area contributed by atoms with E-state index in [4.69, 9.17) is 10.5 Å². The summed E-state index contributed by atoms with van der Waals surface area (Å²) in [7, 11) is 1.59. The van der Waals surface area contributed by atoms with Gasteiger partial charge in [0.25, 0.3) is 0 Å². The molecule has 0 saturated heterocycles. The van der Waals surface area contributed by atoms with Crippen LogP contribution in [0, 0.1) is 0 Å². The van der Waals surface area contributed by atoms with E-state index in [9.17, 15) is 0 Å². The Balaban J connectivity index is 2.26. The van der Waals surface area contributed by atoms with E-state index in [1.807, 2.05) is 36.4 Å². The predicted octanol–water partition coefficient (Wildman–Crippen LogP) is 1.86. The molecule has 19 heavy (non-hydrogen) atoms. The normalized spacial score (nSPS) is 10.8. The number of methoxy groups -OCH3 is 1. The summed E-state index contributed by atoms with van der Waals surface area (Å²) >= 11 is 0. The predicted molar refractivity (Wildman–Crippen MR) is 72.9 cm³/mol. The SMILES string of the molecule is COc1ccc2nc(-c3ccccc3)c(CN)n2n1. The fraction of sp³-hybridized carbons (Fsp3) is 0.143. The van der Waals surface area contributed by atoms with Crippen molar-refractivity contribution < 1.29 is 4.74 Å². The van der Waals surface area contributed by atoms with Crippen LogP contribution in [0.25, 0.3) is 16.9 Å². The Kier molecular flexibility index (Phi) is 2.89. The Morgan fingerprint density at radius 1 is 1.16 bits per heavy atom. The van der Waals surface area contributed by atoms with E-state index in [1.54, 1.807) is 17.7 Å². The molecule has 0 fully saturated rings. The first-order chi connectivity index (χ1) is 9.33. The van der Waals surface area contributed by atoms with E-state index in [0.717, 1.165) is 22.6 Å². The van der Waals surface area contributed by atoms with E-state index in [0.29, 0.717) is 12.4 Å². The molecule has 0 aliphatic heterocycles. The summed E-state index contributed by atoms with van der Waals surface area (Å²) in [5, 5.41) is 4.36. The summed E-state index contributed by atoms with van der Waals surface area (Å²) in [5.74, 6) is 0.541. The molecule has 5 heteroatoms. The van der Waals surface area contributed by atoms with Gasteiger partial charge in [-0.2, -0.15) is 0 Å². The zero-order valence-electron chi connectivity index (χ0n) is 10.6. The van der Waals surface area contributed by atoms with Gasteiger partial charge in [0.15, 0.2) is 5.65 Å². The van der Waals surface area contributed by atoms with Crippen LogP contribution in [-0.2, 0) is 6.54 Å². The lowest BCUT2D eigenvalue weighted by Gasteiger charge is -2.02. The average molecular weight is 254 g/mol. The van der Waals surface area contributed by atoms with Gasteiger partial charge >= 0.3 is 0 Å². The molecule has 96 valence electrons. The number of nitrogens with two attached hydrogens (primary N) is 1. The zero-order chi connectivity index (χ0) is 13.2. The molecule has 3 rings (SSSR count). The highest BCUT2D eigenvalue weighted by Crippen LogP contribution is 2.24. The minimum Gasteiger partial charge on any atom is -0.480 e. The first-order valence-electron chi connectivity index (χ1n) is 6.01. The van der Waals surface area contributed by atoms with Crippen LogP contribution >= 0.6 is 0 Å². The summed E-state index contributed by atoms with van der Waals surface area (Å²) in [6.07, 6.45) is 0. The van der Waals surface area contributed by atoms with Crippen LogP contribution in [-0.4, -0.2) is 21.7 Å². The lowest BCUT2D eigenvalue weighted by atomic mass is 10.1. The third kappa shape index (κ3) is 1.94. The fourth-order valence-corrected chi connectivity index (χ4v) is 2.08. The van der Waals surface area contributed by atoms with Crippen molar-refractivity contribution >= 4 is 5.65 Å². The van der Waals surface area contributed by atoms with Gasteiger partial charge in [0.05, 0.1) is 18.5 Å². The highest BCUT2D eigenvalue weighted by molar-refractivity contribution is 5.66. The maximum absolute atomic E-state index is 5.85.